The zero-order valence-electron chi connectivity index (χ0n) is 12.5. The summed E-state index contributed by atoms with van der Waals surface area (Å²) in [5.41, 5.74) is 0.880. The summed E-state index contributed by atoms with van der Waals surface area (Å²) in [6.45, 7) is 5.76. The van der Waals surface area contributed by atoms with Gasteiger partial charge in [0.1, 0.15) is 5.82 Å². The van der Waals surface area contributed by atoms with Crippen LogP contribution in [0.1, 0.15) is 25.2 Å². The van der Waals surface area contributed by atoms with Crippen LogP contribution in [-0.4, -0.2) is 34.3 Å². The van der Waals surface area contributed by atoms with Crippen LogP contribution in [0.3, 0.4) is 0 Å². The summed E-state index contributed by atoms with van der Waals surface area (Å²) >= 11 is 5.09. The molecule has 6 nitrogen and oxygen atoms in total. The fourth-order valence-corrected chi connectivity index (χ4v) is 1.97. The van der Waals surface area contributed by atoms with Crippen molar-refractivity contribution in [1.82, 2.24) is 14.9 Å². The van der Waals surface area contributed by atoms with Crippen LogP contribution in [0.2, 0.25) is 0 Å². The van der Waals surface area contributed by atoms with Crippen molar-refractivity contribution in [3.63, 3.8) is 0 Å². The summed E-state index contributed by atoms with van der Waals surface area (Å²) in [5.74, 6) is 2.07. The fourth-order valence-electron chi connectivity index (χ4n) is 1.75. The number of rotatable bonds is 5. The lowest BCUT2D eigenvalue weighted by atomic mass is 10.2. The third kappa shape index (κ3) is 3.69. The topological polar surface area (TPSA) is 64.4 Å². The van der Waals surface area contributed by atoms with Crippen LogP contribution in [0.4, 0.5) is 0 Å². The number of aromatic nitrogens is 3. The van der Waals surface area contributed by atoms with Gasteiger partial charge < -0.3 is 9.47 Å². The molecule has 2 aromatic rings. The number of aromatic amines is 1. The van der Waals surface area contributed by atoms with Gasteiger partial charge in [0.05, 0.1) is 19.4 Å². The van der Waals surface area contributed by atoms with Gasteiger partial charge in [0, 0.05) is 0 Å². The standard InChI is InChI=1S/C14H18N4O2S/c1-9(2)20-12-6-5-11(7-13(12)19-4)8-15-18-10(3)16-17-14(18)21/h5-9H,1-4H3,(H,17,21)/b15-8-. The van der Waals surface area contributed by atoms with E-state index in [4.69, 9.17) is 21.7 Å². The SMILES string of the molecule is COc1cc(/C=N\n2c(C)n[nH]c2=S)ccc1OC(C)C. The summed E-state index contributed by atoms with van der Waals surface area (Å²) in [5, 5.41) is 11.0. The molecule has 0 saturated carbocycles. The number of aryl methyl sites for hydroxylation is 1. The predicted octanol–water partition coefficient (Wildman–Crippen LogP) is 2.93. The molecule has 112 valence electrons. The Morgan fingerprint density at radius 1 is 1.38 bits per heavy atom. The highest BCUT2D eigenvalue weighted by atomic mass is 32.1. The van der Waals surface area contributed by atoms with Crippen molar-refractivity contribution in [3.8, 4) is 11.5 Å². The molecule has 0 saturated heterocycles. The molecule has 0 radical (unpaired) electrons. The maximum absolute atomic E-state index is 5.67. The first-order valence-electron chi connectivity index (χ1n) is 6.54. The highest BCUT2D eigenvalue weighted by Gasteiger charge is 2.07. The van der Waals surface area contributed by atoms with E-state index in [1.807, 2.05) is 39.0 Å². The summed E-state index contributed by atoms with van der Waals surface area (Å²) in [4.78, 5) is 0. The second kappa shape index (κ2) is 6.53. The van der Waals surface area contributed by atoms with E-state index in [-0.39, 0.29) is 6.10 Å². The maximum Gasteiger partial charge on any atom is 0.216 e. The van der Waals surface area contributed by atoms with E-state index in [0.717, 1.165) is 5.56 Å². The van der Waals surface area contributed by atoms with Gasteiger partial charge in [-0.05, 0) is 56.8 Å². The van der Waals surface area contributed by atoms with Crippen molar-refractivity contribution < 1.29 is 9.47 Å². The molecule has 7 heteroatoms. The van der Waals surface area contributed by atoms with Gasteiger partial charge in [-0.15, -0.1) is 0 Å². The van der Waals surface area contributed by atoms with Gasteiger partial charge in [-0.25, -0.2) is 0 Å². The summed E-state index contributed by atoms with van der Waals surface area (Å²) < 4.78 is 13.0. The van der Waals surface area contributed by atoms with E-state index >= 15 is 0 Å². The van der Waals surface area contributed by atoms with Gasteiger partial charge in [0.25, 0.3) is 0 Å². The van der Waals surface area contributed by atoms with Gasteiger partial charge in [0.15, 0.2) is 11.5 Å². The molecule has 1 aromatic carbocycles. The van der Waals surface area contributed by atoms with Gasteiger partial charge in [-0.2, -0.15) is 14.9 Å². The lowest BCUT2D eigenvalue weighted by Crippen LogP contribution is -2.06. The first-order valence-corrected chi connectivity index (χ1v) is 6.95. The molecule has 0 aliphatic rings. The quantitative estimate of drug-likeness (QED) is 0.681. The van der Waals surface area contributed by atoms with Gasteiger partial charge in [0.2, 0.25) is 4.77 Å². The highest BCUT2D eigenvalue weighted by Crippen LogP contribution is 2.28. The van der Waals surface area contributed by atoms with E-state index in [0.29, 0.717) is 22.1 Å². The van der Waals surface area contributed by atoms with Gasteiger partial charge >= 0.3 is 0 Å². The van der Waals surface area contributed by atoms with Crippen molar-refractivity contribution in [2.24, 2.45) is 5.10 Å². The molecular weight excluding hydrogens is 288 g/mol. The third-order valence-electron chi connectivity index (χ3n) is 2.68. The van der Waals surface area contributed by atoms with Crippen LogP contribution < -0.4 is 9.47 Å². The molecule has 1 heterocycles. The second-order valence-electron chi connectivity index (χ2n) is 4.71. The molecule has 0 amide bonds. The molecule has 1 aromatic heterocycles. The number of nitrogens with one attached hydrogen (secondary N) is 1. The summed E-state index contributed by atoms with van der Waals surface area (Å²) in [6, 6.07) is 5.63. The van der Waals surface area contributed by atoms with Gasteiger partial charge in [-0.1, -0.05) is 0 Å². The second-order valence-corrected chi connectivity index (χ2v) is 5.10. The molecule has 0 fully saturated rings. The van der Waals surface area contributed by atoms with E-state index in [1.54, 1.807) is 18.0 Å². The Balaban J connectivity index is 2.27. The van der Waals surface area contributed by atoms with Crippen molar-refractivity contribution >= 4 is 18.4 Å². The maximum atomic E-state index is 5.67. The first kappa shape index (κ1) is 15.2. The number of hydrogen-bond donors (Lipinski definition) is 1. The molecule has 0 spiro atoms. The van der Waals surface area contributed by atoms with E-state index in [9.17, 15) is 0 Å². The highest BCUT2D eigenvalue weighted by molar-refractivity contribution is 7.71. The van der Waals surface area contributed by atoms with Crippen molar-refractivity contribution in [1.29, 1.82) is 0 Å². The molecule has 1 N–H and O–H groups in total. The third-order valence-corrected chi connectivity index (χ3v) is 2.95. The number of methoxy groups -OCH3 is 1. The average molecular weight is 306 g/mol. The minimum atomic E-state index is 0.0883. The Bertz CT molecular complexity index is 703. The Morgan fingerprint density at radius 3 is 2.71 bits per heavy atom. The first-order chi connectivity index (χ1) is 10.0. The van der Waals surface area contributed by atoms with Crippen LogP contribution in [0.25, 0.3) is 0 Å². The predicted molar refractivity (Wildman–Crippen MR) is 83.9 cm³/mol. The largest absolute Gasteiger partial charge is 0.493 e. The van der Waals surface area contributed by atoms with E-state index in [2.05, 4.69) is 15.3 Å². The Hall–Kier alpha value is -2.15. The lowest BCUT2D eigenvalue weighted by molar-refractivity contribution is 0.230. The Labute approximate surface area is 128 Å². The monoisotopic (exact) mass is 306 g/mol. The van der Waals surface area contributed by atoms with Crippen LogP contribution in [0.15, 0.2) is 23.3 Å². The smallest absolute Gasteiger partial charge is 0.216 e. The van der Waals surface area contributed by atoms with Gasteiger partial charge in [-0.3, -0.25) is 5.10 Å². The van der Waals surface area contributed by atoms with Crippen LogP contribution in [-0.2, 0) is 0 Å². The number of ether oxygens (including phenoxy) is 2. The molecule has 0 aliphatic heterocycles. The Kier molecular flexibility index (Phi) is 4.74. The van der Waals surface area contributed by atoms with Crippen molar-refractivity contribution in [2.45, 2.75) is 26.9 Å². The normalized spacial score (nSPS) is 11.3. The van der Waals surface area contributed by atoms with E-state index < -0.39 is 0 Å². The summed E-state index contributed by atoms with van der Waals surface area (Å²) in [6.07, 6.45) is 1.78. The minimum Gasteiger partial charge on any atom is -0.493 e. The van der Waals surface area contributed by atoms with Crippen LogP contribution in [0, 0.1) is 11.7 Å². The average Bonchev–Trinajstić information content (AvgIpc) is 2.76. The number of nitrogens with zero attached hydrogens (tertiary/aromatic N) is 3. The number of H-pyrrole nitrogens is 1. The number of hydrogen-bond acceptors (Lipinski definition) is 5. The van der Waals surface area contributed by atoms with Crippen molar-refractivity contribution in [2.75, 3.05) is 7.11 Å². The molecule has 0 atom stereocenters. The molecule has 21 heavy (non-hydrogen) atoms. The zero-order valence-corrected chi connectivity index (χ0v) is 13.3. The van der Waals surface area contributed by atoms with Crippen LogP contribution >= 0.6 is 12.2 Å². The zero-order chi connectivity index (χ0) is 15.4. The summed E-state index contributed by atoms with van der Waals surface area (Å²) in [7, 11) is 1.61. The van der Waals surface area contributed by atoms with Crippen LogP contribution in [0.5, 0.6) is 11.5 Å². The van der Waals surface area contributed by atoms with E-state index in [1.165, 1.54) is 0 Å². The molecule has 2 rings (SSSR count). The molecule has 0 aliphatic carbocycles. The molecule has 0 bridgehead atoms. The lowest BCUT2D eigenvalue weighted by Gasteiger charge is -2.13. The minimum absolute atomic E-state index is 0.0883. The fraction of sp³-hybridized carbons (Fsp3) is 0.357. The molecule has 0 unspecified atom stereocenters. The molecular formula is C14H18N4O2S. The Morgan fingerprint density at radius 2 is 2.14 bits per heavy atom. The number of benzene rings is 1. The van der Waals surface area contributed by atoms with Crippen molar-refractivity contribution in [3.05, 3.63) is 34.4 Å².